The minimum absolute atomic E-state index is 0.0623. The Morgan fingerprint density at radius 3 is 2.36 bits per heavy atom. The Kier molecular flexibility index (Phi) is 7.25. The first-order chi connectivity index (χ1) is 13.1. The summed E-state index contributed by atoms with van der Waals surface area (Å²) < 4.78 is 43.6. The first kappa shape index (κ1) is 22.0. The molecule has 1 amide bonds. The summed E-state index contributed by atoms with van der Waals surface area (Å²) in [6.45, 7) is 7.13. The SMILES string of the molecule is CC(C)NC(=O)COC(=O)[C@@H](NS(=O)(=O)c1ccc2c(c1)OCCO2)C(C)C. The van der Waals surface area contributed by atoms with Crippen LogP contribution in [0.2, 0.25) is 0 Å². The fourth-order valence-electron chi connectivity index (χ4n) is 2.47. The molecule has 9 nitrogen and oxygen atoms in total. The Hall–Kier alpha value is -2.33. The van der Waals surface area contributed by atoms with Gasteiger partial charge in [-0.15, -0.1) is 0 Å². The Balaban J connectivity index is 2.09. The van der Waals surface area contributed by atoms with E-state index in [1.807, 2.05) is 0 Å². The van der Waals surface area contributed by atoms with Crippen molar-refractivity contribution >= 4 is 21.9 Å². The second-order valence-electron chi connectivity index (χ2n) is 6.98. The maximum Gasteiger partial charge on any atom is 0.324 e. The van der Waals surface area contributed by atoms with E-state index in [0.29, 0.717) is 24.7 Å². The normalized spacial score (nSPS) is 14.6. The van der Waals surface area contributed by atoms with E-state index >= 15 is 0 Å². The number of esters is 1. The third-order valence-corrected chi connectivity index (χ3v) is 5.26. The third-order valence-electron chi connectivity index (χ3n) is 3.82. The molecule has 0 spiro atoms. The lowest BCUT2D eigenvalue weighted by molar-refractivity contribution is -0.151. The maximum atomic E-state index is 12.7. The highest BCUT2D eigenvalue weighted by atomic mass is 32.2. The highest BCUT2D eigenvalue weighted by Crippen LogP contribution is 2.32. The molecule has 1 heterocycles. The smallest absolute Gasteiger partial charge is 0.324 e. The average molecular weight is 414 g/mol. The summed E-state index contributed by atoms with van der Waals surface area (Å²) in [4.78, 5) is 23.9. The van der Waals surface area contributed by atoms with Gasteiger partial charge in [0, 0.05) is 12.1 Å². The van der Waals surface area contributed by atoms with Gasteiger partial charge in [-0.25, -0.2) is 8.42 Å². The first-order valence-electron chi connectivity index (χ1n) is 8.98. The number of hydrogen-bond donors (Lipinski definition) is 2. The van der Waals surface area contributed by atoms with Crippen LogP contribution in [0.3, 0.4) is 0 Å². The zero-order chi connectivity index (χ0) is 20.9. The van der Waals surface area contributed by atoms with Crippen molar-refractivity contribution in [3.63, 3.8) is 0 Å². The quantitative estimate of drug-likeness (QED) is 0.605. The number of fused-ring (bicyclic) bond motifs is 1. The molecule has 1 aromatic carbocycles. The molecule has 1 atom stereocenters. The summed E-state index contributed by atoms with van der Waals surface area (Å²) in [5, 5.41) is 2.59. The lowest BCUT2D eigenvalue weighted by Crippen LogP contribution is -2.46. The summed E-state index contributed by atoms with van der Waals surface area (Å²) in [7, 11) is -4.03. The average Bonchev–Trinajstić information content (AvgIpc) is 2.63. The second-order valence-corrected chi connectivity index (χ2v) is 8.69. The van der Waals surface area contributed by atoms with Crippen LogP contribution < -0.4 is 19.5 Å². The third kappa shape index (κ3) is 5.83. The molecule has 0 saturated carbocycles. The van der Waals surface area contributed by atoms with Gasteiger partial charge in [0.15, 0.2) is 18.1 Å². The Morgan fingerprint density at radius 2 is 1.75 bits per heavy atom. The number of rotatable bonds is 8. The lowest BCUT2D eigenvalue weighted by Gasteiger charge is -2.22. The van der Waals surface area contributed by atoms with Crippen molar-refractivity contribution in [2.75, 3.05) is 19.8 Å². The molecule has 2 N–H and O–H groups in total. The van der Waals surface area contributed by atoms with Gasteiger partial charge in [0.05, 0.1) is 4.90 Å². The van der Waals surface area contributed by atoms with Crippen molar-refractivity contribution in [3.8, 4) is 11.5 Å². The van der Waals surface area contributed by atoms with E-state index in [9.17, 15) is 18.0 Å². The minimum Gasteiger partial charge on any atom is -0.486 e. The molecule has 0 bridgehead atoms. The van der Waals surface area contributed by atoms with E-state index in [1.54, 1.807) is 27.7 Å². The Morgan fingerprint density at radius 1 is 1.11 bits per heavy atom. The van der Waals surface area contributed by atoms with E-state index in [-0.39, 0.29) is 10.9 Å². The number of carbonyl (C=O) groups excluding carboxylic acids is 2. The molecule has 10 heteroatoms. The number of benzene rings is 1. The Labute approximate surface area is 164 Å². The van der Waals surface area contributed by atoms with Crippen LogP contribution in [0.5, 0.6) is 11.5 Å². The van der Waals surface area contributed by atoms with Gasteiger partial charge in [-0.2, -0.15) is 4.72 Å². The van der Waals surface area contributed by atoms with Crippen molar-refractivity contribution in [1.82, 2.24) is 10.0 Å². The molecule has 0 fully saturated rings. The molecule has 0 aliphatic carbocycles. The second kappa shape index (κ2) is 9.24. The summed E-state index contributed by atoms with van der Waals surface area (Å²) in [6, 6.07) is 2.97. The fraction of sp³-hybridized carbons (Fsp3) is 0.556. The van der Waals surface area contributed by atoms with E-state index < -0.39 is 40.5 Å². The van der Waals surface area contributed by atoms with E-state index in [2.05, 4.69) is 10.0 Å². The van der Waals surface area contributed by atoms with Gasteiger partial charge >= 0.3 is 5.97 Å². The topological polar surface area (TPSA) is 120 Å². The predicted molar refractivity (Wildman–Crippen MR) is 101 cm³/mol. The number of sulfonamides is 1. The van der Waals surface area contributed by atoms with Crippen LogP contribution >= 0.6 is 0 Å². The zero-order valence-electron chi connectivity index (χ0n) is 16.4. The van der Waals surface area contributed by atoms with Crippen molar-refractivity contribution in [2.45, 2.75) is 44.7 Å². The van der Waals surface area contributed by atoms with Gasteiger partial charge in [-0.05, 0) is 31.9 Å². The largest absolute Gasteiger partial charge is 0.486 e. The van der Waals surface area contributed by atoms with Crippen LogP contribution in [0.4, 0.5) is 0 Å². The van der Waals surface area contributed by atoms with Crippen LogP contribution in [0.15, 0.2) is 23.1 Å². The lowest BCUT2D eigenvalue weighted by atomic mass is 10.1. The molecule has 28 heavy (non-hydrogen) atoms. The molecule has 1 aliphatic rings. The summed E-state index contributed by atoms with van der Waals surface area (Å²) in [5.74, 6) is -0.896. The van der Waals surface area contributed by atoms with Crippen LogP contribution in [0.1, 0.15) is 27.7 Å². The molecule has 0 aromatic heterocycles. The van der Waals surface area contributed by atoms with Gasteiger partial charge in [0.2, 0.25) is 10.0 Å². The van der Waals surface area contributed by atoms with Gasteiger partial charge in [0.25, 0.3) is 5.91 Å². The number of amides is 1. The van der Waals surface area contributed by atoms with Gasteiger partial charge < -0.3 is 19.5 Å². The van der Waals surface area contributed by atoms with Crippen molar-refractivity contribution < 1.29 is 32.2 Å². The van der Waals surface area contributed by atoms with Gasteiger partial charge in [-0.3, -0.25) is 9.59 Å². The zero-order valence-corrected chi connectivity index (χ0v) is 17.2. The molecule has 156 valence electrons. The fourth-order valence-corrected chi connectivity index (χ4v) is 3.82. The molecule has 2 rings (SSSR count). The molecule has 1 aliphatic heterocycles. The van der Waals surface area contributed by atoms with Gasteiger partial charge in [0.1, 0.15) is 19.3 Å². The number of carbonyl (C=O) groups is 2. The maximum absolute atomic E-state index is 12.7. The first-order valence-corrected chi connectivity index (χ1v) is 10.5. The van der Waals surface area contributed by atoms with E-state index in [0.717, 1.165) is 0 Å². The Bertz CT molecular complexity index is 821. The van der Waals surface area contributed by atoms with E-state index in [4.69, 9.17) is 14.2 Å². The summed E-state index contributed by atoms with van der Waals surface area (Å²) in [5.41, 5.74) is 0. The minimum atomic E-state index is -4.03. The molecule has 0 unspecified atom stereocenters. The standard InChI is InChI=1S/C18H26N2O7S/c1-11(2)17(18(22)27-10-16(21)19-12(3)4)20-28(23,24)13-5-6-14-15(9-13)26-8-7-25-14/h5-6,9,11-12,17,20H,7-8,10H2,1-4H3,(H,19,21)/t17-/m0/s1. The van der Waals surface area contributed by atoms with Crippen LogP contribution in [-0.2, 0) is 24.3 Å². The highest BCUT2D eigenvalue weighted by molar-refractivity contribution is 7.89. The van der Waals surface area contributed by atoms with Crippen LogP contribution in [0.25, 0.3) is 0 Å². The van der Waals surface area contributed by atoms with Crippen molar-refractivity contribution in [1.29, 1.82) is 0 Å². The molecule has 1 aromatic rings. The predicted octanol–water partition coefficient (Wildman–Crippen LogP) is 0.829. The number of nitrogens with one attached hydrogen (secondary N) is 2. The number of hydrogen-bond acceptors (Lipinski definition) is 7. The van der Waals surface area contributed by atoms with Crippen molar-refractivity contribution in [3.05, 3.63) is 18.2 Å². The van der Waals surface area contributed by atoms with E-state index in [1.165, 1.54) is 18.2 Å². The monoisotopic (exact) mass is 414 g/mol. The van der Waals surface area contributed by atoms with Crippen LogP contribution in [-0.4, -0.2) is 52.2 Å². The molecular formula is C18H26N2O7S. The molecular weight excluding hydrogens is 388 g/mol. The highest BCUT2D eigenvalue weighted by Gasteiger charge is 2.31. The summed E-state index contributed by atoms with van der Waals surface area (Å²) in [6.07, 6.45) is 0. The summed E-state index contributed by atoms with van der Waals surface area (Å²) >= 11 is 0. The van der Waals surface area contributed by atoms with Crippen LogP contribution in [0, 0.1) is 5.92 Å². The van der Waals surface area contributed by atoms with Gasteiger partial charge in [-0.1, -0.05) is 13.8 Å². The number of ether oxygens (including phenoxy) is 3. The molecule has 0 saturated heterocycles. The van der Waals surface area contributed by atoms with Crippen molar-refractivity contribution in [2.24, 2.45) is 5.92 Å². The molecule has 0 radical (unpaired) electrons.